The smallest absolute Gasteiger partial charge is 0.321 e. The van der Waals surface area contributed by atoms with Gasteiger partial charge in [-0.2, -0.15) is 0 Å². The SMILES string of the molecule is CCc1ccccc1NC(=O)CS(=O)(=O)C(C)C(=O)O. The van der Waals surface area contributed by atoms with E-state index in [0.717, 1.165) is 12.5 Å². The van der Waals surface area contributed by atoms with E-state index in [-0.39, 0.29) is 0 Å². The molecule has 1 aromatic rings. The highest BCUT2D eigenvalue weighted by atomic mass is 32.2. The van der Waals surface area contributed by atoms with E-state index in [4.69, 9.17) is 5.11 Å². The topological polar surface area (TPSA) is 101 Å². The number of carbonyl (C=O) groups excluding carboxylic acids is 1. The number of hydrogen-bond acceptors (Lipinski definition) is 4. The minimum absolute atomic E-state index is 0.540. The van der Waals surface area contributed by atoms with Crippen LogP contribution in [0.3, 0.4) is 0 Å². The third kappa shape index (κ3) is 4.06. The van der Waals surface area contributed by atoms with Crippen LogP contribution in [0.4, 0.5) is 5.69 Å². The van der Waals surface area contributed by atoms with Gasteiger partial charge in [0.1, 0.15) is 5.75 Å². The Kier molecular flexibility index (Phi) is 5.26. The van der Waals surface area contributed by atoms with Gasteiger partial charge >= 0.3 is 5.97 Å². The molecular formula is C13H17NO5S. The monoisotopic (exact) mass is 299 g/mol. The van der Waals surface area contributed by atoms with Crippen molar-refractivity contribution in [2.75, 3.05) is 11.1 Å². The van der Waals surface area contributed by atoms with Crippen molar-refractivity contribution < 1.29 is 23.1 Å². The Morgan fingerprint density at radius 2 is 1.90 bits per heavy atom. The molecule has 0 saturated carbocycles. The van der Waals surface area contributed by atoms with Crippen molar-refractivity contribution in [1.82, 2.24) is 0 Å². The quantitative estimate of drug-likeness (QED) is 0.818. The lowest BCUT2D eigenvalue weighted by Crippen LogP contribution is -2.34. The van der Waals surface area contributed by atoms with E-state index in [2.05, 4.69) is 5.32 Å². The van der Waals surface area contributed by atoms with Crippen molar-refractivity contribution in [2.24, 2.45) is 0 Å². The van der Waals surface area contributed by atoms with E-state index in [9.17, 15) is 18.0 Å². The Bertz CT molecular complexity index is 609. The molecule has 0 spiro atoms. The lowest BCUT2D eigenvalue weighted by Gasteiger charge is -2.11. The van der Waals surface area contributed by atoms with Crippen molar-refractivity contribution >= 4 is 27.4 Å². The van der Waals surface area contributed by atoms with Gasteiger partial charge in [0.15, 0.2) is 15.1 Å². The van der Waals surface area contributed by atoms with Crippen molar-refractivity contribution in [3.05, 3.63) is 29.8 Å². The minimum atomic E-state index is -4.01. The Morgan fingerprint density at radius 1 is 1.30 bits per heavy atom. The minimum Gasteiger partial charge on any atom is -0.480 e. The molecule has 0 fully saturated rings. The van der Waals surface area contributed by atoms with E-state index in [1.54, 1.807) is 12.1 Å². The number of benzene rings is 1. The molecule has 1 unspecified atom stereocenters. The average Bonchev–Trinajstić information content (AvgIpc) is 2.37. The van der Waals surface area contributed by atoms with Crippen molar-refractivity contribution in [3.8, 4) is 0 Å². The third-order valence-electron chi connectivity index (χ3n) is 2.89. The van der Waals surface area contributed by atoms with Gasteiger partial charge in [-0.1, -0.05) is 25.1 Å². The molecular weight excluding hydrogens is 282 g/mol. The van der Waals surface area contributed by atoms with Gasteiger partial charge in [0.25, 0.3) is 0 Å². The van der Waals surface area contributed by atoms with Crippen LogP contribution in [-0.2, 0) is 25.8 Å². The van der Waals surface area contributed by atoms with E-state index >= 15 is 0 Å². The van der Waals surface area contributed by atoms with Crippen LogP contribution in [0, 0.1) is 0 Å². The van der Waals surface area contributed by atoms with Crippen LogP contribution in [0.5, 0.6) is 0 Å². The standard InChI is InChI=1S/C13H17NO5S/c1-3-10-6-4-5-7-11(10)14-12(15)8-20(18,19)9(2)13(16)17/h4-7,9H,3,8H2,1-2H3,(H,14,15)(H,16,17). The van der Waals surface area contributed by atoms with Crippen LogP contribution in [-0.4, -0.2) is 36.4 Å². The Morgan fingerprint density at radius 3 is 2.45 bits per heavy atom. The summed E-state index contributed by atoms with van der Waals surface area (Å²) in [5.41, 5.74) is 1.42. The first-order valence-electron chi connectivity index (χ1n) is 6.10. The summed E-state index contributed by atoms with van der Waals surface area (Å²) >= 11 is 0. The van der Waals surface area contributed by atoms with E-state index in [1.807, 2.05) is 19.1 Å². The predicted octanol–water partition coefficient (Wildman–Crippen LogP) is 1.08. The van der Waals surface area contributed by atoms with Gasteiger partial charge in [-0.05, 0) is 25.0 Å². The van der Waals surface area contributed by atoms with Gasteiger partial charge in [-0.3, -0.25) is 9.59 Å². The summed E-state index contributed by atoms with van der Waals surface area (Å²) in [6.45, 7) is 2.96. The molecule has 20 heavy (non-hydrogen) atoms. The maximum absolute atomic E-state index is 11.7. The molecule has 1 amide bonds. The maximum Gasteiger partial charge on any atom is 0.321 e. The molecule has 1 aromatic carbocycles. The molecule has 7 heteroatoms. The van der Waals surface area contributed by atoms with Crippen LogP contribution in [0.2, 0.25) is 0 Å². The number of hydrogen-bond donors (Lipinski definition) is 2. The second kappa shape index (κ2) is 6.51. The Hall–Kier alpha value is -1.89. The second-order valence-corrected chi connectivity index (χ2v) is 6.67. The highest BCUT2D eigenvalue weighted by molar-refractivity contribution is 7.93. The summed E-state index contributed by atoms with van der Waals surface area (Å²) in [5.74, 6) is -3.05. The zero-order valence-electron chi connectivity index (χ0n) is 11.3. The number of carboxylic acid groups (broad SMARTS) is 1. The maximum atomic E-state index is 11.7. The Balaban J connectivity index is 2.81. The number of carboxylic acids is 1. The van der Waals surface area contributed by atoms with Gasteiger partial charge < -0.3 is 10.4 Å². The molecule has 6 nitrogen and oxygen atoms in total. The number of para-hydroxylation sites is 1. The summed E-state index contributed by atoms with van der Waals surface area (Å²) in [6, 6.07) is 7.04. The Labute approximate surface area is 117 Å². The zero-order chi connectivity index (χ0) is 15.3. The number of anilines is 1. The van der Waals surface area contributed by atoms with Crippen LogP contribution < -0.4 is 5.32 Å². The molecule has 0 saturated heterocycles. The highest BCUT2D eigenvalue weighted by Gasteiger charge is 2.30. The van der Waals surface area contributed by atoms with Crippen molar-refractivity contribution in [3.63, 3.8) is 0 Å². The molecule has 0 aromatic heterocycles. The summed E-state index contributed by atoms with van der Waals surface area (Å²) in [5, 5.41) is 9.59. The van der Waals surface area contributed by atoms with E-state index < -0.39 is 32.7 Å². The largest absolute Gasteiger partial charge is 0.480 e. The summed E-state index contributed by atoms with van der Waals surface area (Å²) in [6.07, 6.45) is 0.689. The lowest BCUT2D eigenvalue weighted by molar-refractivity contribution is -0.136. The first-order valence-corrected chi connectivity index (χ1v) is 7.81. The molecule has 1 rings (SSSR count). The average molecular weight is 299 g/mol. The van der Waals surface area contributed by atoms with Crippen LogP contribution in [0.25, 0.3) is 0 Å². The number of nitrogens with one attached hydrogen (secondary N) is 1. The molecule has 0 aliphatic carbocycles. The van der Waals surface area contributed by atoms with Crippen LogP contribution >= 0.6 is 0 Å². The molecule has 1 atom stereocenters. The normalized spacial score (nSPS) is 12.7. The first-order chi connectivity index (χ1) is 9.27. The van der Waals surface area contributed by atoms with E-state index in [0.29, 0.717) is 12.1 Å². The van der Waals surface area contributed by atoms with Gasteiger partial charge in [0.2, 0.25) is 5.91 Å². The molecule has 0 aliphatic heterocycles. The molecule has 0 bridgehead atoms. The van der Waals surface area contributed by atoms with Gasteiger partial charge in [-0.25, -0.2) is 8.42 Å². The molecule has 110 valence electrons. The van der Waals surface area contributed by atoms with Gasteiger partial charge in [0, 0.05) is 5.69 Å². The fraction of sp³-hybridized carbons (Fsp3) is 0.385. The zero-order valence-corrected chi connectivity index (χ0v) is 12.1. The number of amides is 1. The summed E-state index contributed by atoms with van der Waals surface area (Å²) in [7, 11) is -4.01. The van der Waals surface area contributed by atoms with Crippen molar-refractivity contribution in [1.29, 1.82) is 0 Å². The van der Waals surface area contributed by atoms with Crippen molar-refractivity contribution in [2.45, 2.75) is 25.5 Å². The predicted molar refractivity (Wildman–Crippen MR) is 75.3 cm³/mol. The molecule has 2 N–H and O–H groups in total. The van der Waals surface area contributed by atoms with Crippen LogP contribution in [0.15, 0.2) is 24.3 Å². The van der Waals surface area contributed by atoms with E-state index in [1.165, 1.54) is 0 Å². The van der Waals surface area contributed by atoms with Crippen LogP contribution in [0.1, 0.15) is 19.4 Å². The first kappa shape index (κ1) is 16.2. The highest BCUT2D eigenvalue weighted by Crippen LogP contribution is 2.15. The number of aliphatic carboxylic acids is 1. The number of rotatable bonds is 6. The molecule has 0 radical (unpaired) electrons. The lowest BCUT2D eigenvalue weighted by atomic mass is 10.1. The fourth-order valence-corrected chi connectivity index (χ4v) is 2.59. The second-order valence-electron chi connectivity index (χ2n) is 4.35. The number of carbonyl (C=O) groups is 2. The number of aryl methyl sites for hydroxylation is 1. The van der Waals surface area contributed by atoms with Gasteiger partial charge in [0.05, 0.1) is 0 Å². The fourth-order valence-electron chi connectivity index (χ4n) is 1.60. The van der Waals surface area contributed by atoms with Gasteiger partial charge in [-0.15, -0.1) is 0 Å². The third-order valence-corrected chi connectivity index (χ3v) is 4.83. The summed E-state index contributed by atoms with van der Waals surface area (Å²) in [4.78, 5) is 22.4. The molecule has 0 heterocycles. The summed E-state index contributed by atoms with van der Waals surface area (Å²) < 4.78 is 23.4. The number of sulfone groups is 1. The molecule has 0 aliphatic rings.